The van der Waals surface area contributed by atoms with Crippen molar-refractivity contribution in [3.63, 3.8) is 0 Å². The molecule has 1 N–H and O–H groups in total. The first-order valence-corrected chi connectivity index (χ1v) is 6.11. The summed E-state index contributed by atoms with van der Waals surface area (Å²) >= 11 is 0. The zero-order chi connectivity index (χ0) is 11.5. The number of hydrogen-bond donors (Lipinski definition) is 1. The quantitative estimate of drug-likeness (QED) is 0.808. The minimum atomic E-state index is 0.740. The predicted molar refractivity (Wildman–Crippen MR) is 64.3 cm³/mol. The van der Waals surface area contributed by atoms with Gasteiger partial charge in [0.15, 0.2) is 0 Å². The number of nitrogens with one attached hydrogen (secondary N) is 1. The highest BCUT2D eigenvalue weighted by Crippen LogP contribution is 2.18. The van der Waals surface area contributed by atoms with E-state index >= 15 is 0 Å². The molecule has 0 aliphatic heterocycles. The lowest BCUT2D eigenvalue weighted by atomic mass is 10.4. The van der Waals surface area contributed by atoms with Crippen LogP contribution in [-0.4, -0.2) is 25.4 Å². The van der Waals surface area contributed by atoms with Crippen molar-refractivity contribution in [2.24, 2.45) is 0 Å². The average molecular weight is 231 g/mol. The zero-order valence-corrected chi connectivity index (χ0v) is 9.79. The molecule has 1 aliphatic rings. The average Bonchev–Trinajstić information content (AvgIpc) is 2.86. The van der Waals surface area contributed by atoms with Crippen LogP contribution in [0.25, 0.3) is 0 Å². The Morgan fingerprint density at radius 2 is 2.29 bits per heavy atom. The van der Waals surface area contributed by atoms with E-state index in [1.165, 1.54) is 12.8 Å². The fraction of sp³-hybridized carbons (Fsp3) is 0.500. The van der Waals surface area contributed by atoms with Crippen molar-refractivity contribution in [3.05, 3.63) is 36.7 Å². The van der Waals surface area contributed by atoms with Crippen LogP contribution in [0.5, 0.6) is 0 Å². The molecule has 2 heterocycles. The molecule has 0 bridgehead atoms. The molecule has 0 atom stereocenters. The summed E-state index contributed by atoms with van der Waals surface area (Å²) in [7, 11) is 0. The van der Waals surface area contributed by atoms with E-state index in [0.29, 0.717) is 0 Å². The lowest BCUT2D eigenvalue weighted by Crippen LogP contribution is -2.15. The summed E-state index contributed by atoms with van der Waals surface area (Å²) in [5.41, 5.74) is 1.12. The summed E-state index contributed by atoms with van der Waals surface area (Å²) in [5.74, 6) is 0. The Hall–Kier alpha value is -1.62. The summed E-state index contributed by atoms with van der Waals surface area (Å²) in [6, 6.07) is 2.68. The molecule has 0 radical (unpaired) electrons. The van der Waals surface area contributed by atoms with Gasteiger partial charge in [-0.1, -0.05) is 0 Å². The molecule has 5 nitrogen and oxygen atoms in total. The first-order chi connectivity index (χ1) is 8.40. The van der Waals surface area contributed by atoms with Gasteiger partial charge in [0.05, 0.1) is 18.6 Å². The summed E-state index contributed by atoms with van der Waals surface area (Å²) < 4.78 is 4.05. The number of nitrogens with zero attached hydrogens (tertiary/aromatic N) is 4. The van der Waals surface area contributed by atoms with Gasteiger partial charge >= 0.3 is 0 Å². The normalized spacial score (nSPS) is 15.3. The number of aryl methyl sites for hydroxylation is 2. The van der Waals surface area contributed by atoms with Crippen LogP contribution < -0.4 is 5.32 Å². The van der Waals surface area contributed by atoms with Crippen LogP contribution in [0.2, 0.25) is 0 Å². The van der Waals surface area contributed by atoms with E-state index in [4.69, 9.17) is 0 Å². The highest BCUT2D eigenvalue weighted by molar-refractivity contribution is 4.97. The van der Waals surface area contributed by atoms with Gasteiger partial charge in [0.1, 0.15) is 0 Å². The molecule has 0 unspecified atom stereocenters. The Morgan fingerprint density at radius 3 is 3.06 bits per heavy atom. The van der Waals surface area contributed by atoms with Gasteiger partial charge in [0.2, 0.25) is 0 Å². The van der Waals surface area contributed by atoms with Crippen LogP contribution in [0.1, 0.15) is 18.5 Å². The molecular formula is C12H17N5. The summed E-state index contributed by atoms with van der Waals surface area (Å²) in [6.07, 6.45) is 10.4. The molecule has 2 aromatic heterocycles. The summed E-state index contributed by atoms with van der Waals surface area (Å²) in [6.45, 7) is 2.69. The molecule has 1 aliphatic carbocycles. The largest absolute Gasteiger partial charge is 0.335 e. The Kier molecular flexibility index (Phi) is 2.92. The van der Waals surface area contributed by atoms with Crippen LogP contribution >= 0.6 is 0 Å². The highest BCUT2D eigenvalue weighted by Gasteiger charge is 2.20. The molecule has 0 saturated heterocycles. The lowest BCUT2D eigenvalue weighted by molar-refractivity contribution is 0.532. The van der Waals surface area contributed by atoms with E-state index in [0.717, 1.165) is 31.4 Å². The van der Waals surface area contributed by atoms with E-state index in [1.807, 2.05) is 23.3 Å². The second-order valence-electron chi connectivity index (χ2n) is 4.53. The molecule has 0 aromatic carbocycles. The van der Waals surface area contributed by atoms with Crippen LogP contribution in [-0.2, 0) is 19.6 Å². The van der Waals surface area contributed by atoms with Crippen molar-refractivity contribution in [3.8, 4) is 0 Å². The molecule has 1 fully saturated rings. The van der Waals surface area contributed by atoms with E-state index in [-0.39, 0.29) is 0 Å². The minimum absolute atomic E-state index is 0.740. The van der Waals surface area contributed by atoms with Crippen molar-refractivity contribution in [2.75, 3.05) is 0 Å². The van der Waals surface area contributed by atoms with Crippen molar-refractivity contribution in [1.82, 2.24) is 24.6 Å². The van der Waals surface area contributed by atoms with Crippen LogP contribution in [0, 0.1) is 0 Å². The van der Waals surface area contributed by atoms with Gasteiger partial charge in [-0.3, -0.25) is 4.68 Å². The summed E-state index contributed by atoms with van der Waals surface area (Å²) in [4.78, 5) is 4.39. The fourth-order valence-electron chi connectivity index (χ4n) is 1.81. The Morgan fingerprint density at radius 1 is 1.35 bits per heavy atom. The molecule has 0 amide bonds. The summed E-state index contributed by atoms with van der Waals surface area (Å²) in [5, 5.41) is 7.64. The first kappa shape index (κ1) is 10.5. The SMILES string of the molecule is c1cnn(CCn2cnc(CNC3CC3)c2)c1. The number of hydrogen-bond acceptors (Lipinski definition) is 3. The van der Waals surface area contributed by atoms with E-state index in [2.05, 4.69) is 26.2 Å². The maximum absolute atomic E-state index is 4.39. The van der Waals surface area contributed by atoms with Crippen molar-refractivity contribution < 1.29 is 0 Å². The third-order valence-electron chi connectivity index (χ3n) is 2.98. The second-order valence-corrected chi connectivity index (χ2v) is 4.53. The van der Waals surface area contributed by atoms with Crippen LogP contribution in [0.4, 0.5) is 0 Å². The van der Waals surface area contributed by atoms with Crippen LogP contribution in [0.15, 0.2) is 31.0 Å². The fourth-order valence-corrected chi connectivity index (χ4v) is 1.81. The Bertz CT molecular complexity index is 455. The maximum Gasteiger partial charge on any atom is 0.0950 e. The van der Waals surface area contributed by atoms with Gasteiger partial charge in [0.25, 0.3) is 0 Å². The van der Waals surface area contributed by atoms with E-state index in [9.17, 15) is 0 Å². The topological polar surface area (TPSA) is 47.7 Å². The van der Waals surface area contributed by atoms with Crippen molar-refractivity contribution in [2.45, 2.75) is 38.5 Å². The minimum Gasteiger partial charge on any atom is -0.335 e. The molecule has 0 spiro atoms. The third kappa shape index (κ3) is 2.94. The molecule has 17 heavy (non-hydrogen) atoms. The number of aromatic nitrogens is 4. The molecular weight excluding hydrogens is 214 g/mol. The third-order valence-corrected chi connectivity index (χ3v) is 2.98. The molecule has 1 saturated carbocycles. The molecule has 3 rings (SSSR count). The number of imidazole rings is 1. The molecule has 5 heteroatoms. The van der Waals surface area contributed by atoms with Gasteiger partial charge in [-0.25, -0.2) is 4.98 Å². The lowest BCUT2D eigenvalue weighted by Gasteiger charge is -2.02. The van der Waals surface area contributed by atoms with Gasteiger partial charge in [-0.2, -0.15) is 5.10 Å². The zero-order valence-electron chi connectivity index (χ0n) is 9.79. The second kappa shape index (κ2) is 4.71. The van der Waals surface area contributed by atoms with Gasteiger partial charge < -0.3 is 9.88 Å². The van der Waals surface area contributed by atoms with Crippen molar-refractivity contribution in [1.29, 1.82) is 0 Å². The predicted octanol–water partition coefficient (Wildman–Crippen LogP) is 1.03. The van der Waals surface area contributed by atoms with Gasteiger partial charge in [-0.05, 0) is 18.9 Å². The Labute approximate surface area is 100 Å². The van der Waals surface area contributed by atoms with E-state index < -0.39 is 0 Å². The maximum atomic E-state index is 4.39. The van der Waals surface area contributed by atoms with E-state index in [1.54, 1.807) is 6.20 Å². The van der Waals surface area contributed by atoms with Gasteiger partial charge in [0, 0.05) is 37.7 Å². The van der Waals surface area contributed by atoms with Gasteiger partial charge in [-0.15, -0.1) is 0 Å². The van der Waals surface area contributed by atoms with Crippen molar-refractivity contribution >= 4 is 0 Å². The Balaban J connectivity index is 1.49. The molecule has 2 aromatic rings. The monoisotopic (exact) mass is 231 g/mol. The standard InChI is InChI=1S/C12H17N5/c1-4-15-17(5-1)7-6-16-9-12(14-10-16)8-13-11-2-3-11/h1,4-5,9-11,13H,2-3,6-8H2. The van der Waals surface area contributed by atoms with Crippen LogP contribution in [0.3, 0.4) is 0 Å². The molecule has 90 valence electrons. The smallest absolute Gasteiger partial charge is 0.0950 e. The number of rotatable bonds is 6. The first-order valence-electron chi connectivity index (χ1n) is 6.11. The highest BCUT2D eigenvalue weighted by atomic mass is 15.3.